The van der Waals surface area contributed by atoms with Crippen LogP contribution in [0.25, 0.3) is 0 Å². The zero-order chi connectivity index (χ0) is 12.0. The van der Waals surface area contributed by atoms with E-state index in [0.717, 1.165) is 19.4 Å². The molecule has 16 heavy (non-hydrogen) atoms. The quantitative estimate of drug-likeness (QED) is 0.737. The number of nitrogens with zero attached hydrogens (tertiary/aromatic N) is 1. The summed E-state index contributed by atoms with van der Waals surface area (Å²) in [6.45, 7) is 7.23. The molecule has 96 valence electrons. The summed E-state index contributed by atoms with van der Waals surface area (Å²) < 4.78 is 10.6. The van der Waals surface area contributed by atoms with Crippen LogP contribution in [0.5, 0.6) is 0 Å². The van der Waals surface area contributed by atoms with Crippen molar-refractivity contribution in [2.45, 2.75) is 44.9 Å². The van der Waals surface area contributed by atoms with Crippen molar-refractivity contribution < 1.29 is 14.6 Å². The van der Waals surface area contributed by atoms with E-state index < -0.39 is 0 Å². The van der Waals surface area contributed by atoms with Gasteiger partial charge in [-0.25, -0.2) is 0 Å². The Bertz CT molecular complexity index is 189. The average Bonchev–Trinajstić information content (AvgIpc) is 2.31. The number of rotatable bonds is 6. The number of hydrogen-bond donors (Lipinski definition) is 1. The summed E-state index contributed by atoms with van der Waals surface area (Å²) in [6.07, 6.45) is 1.55. The van der Waals surface area contributed by atoms with Crippen LogP contribution in [0.2, 0.25) is 0 Å². The Labute approximate surface area is 98.5 Å². The van der Waals surface area contributed by atoms with Crippen molar-refractivity contribution in [1.82, 2.24) is 4.90 Å². The molecule has 0 bridgehead atoms. The van der Waals surface area contributed by atoms with Gasteiger partial charge in [0.1, 0.15) is 0 Å². The van der Waals surface area contributed by atoms with E-state index in [1.807, 2.05) is 0 Å². The fourth-order valence-electron chi connectivity index (χ4n) is 2.17. The van der Waals surface area contributed by atoms with Gasteiger partial charge >= 0.3 is 0 Å². The second kappa shape index (κ2) is 7.22. The van der Waals surface area contributed by atoms with Gasteiger partial charge in [-0.05, 0) is 19.8 Å². The minimum Gasteiger partial charge on any atom is -0.391 e. The molecule has 0 amide bonds. The van der Waals surface area contributed by atoms with Crippen LogP contribution in [0.15, 0.2) is 0 Å². The maximum absolute atomic E-state index is 10.0. The maximum Gasteiger partial charge on any atom is 0.0739 e. The Kier molecular flexibility index (Phi) is 6.28. The maximum atomic E-state index is 10.0. The van der Waals surface area contributed by atoms with E-state index in [9.17, 15) is 5.11 Å². The smallest absolute Gasteiger partial charge is 0.0739 e. The molecule has 1 saturated heterocycles. The zero-order valence-electron chi connectivity index (χ0n) is 10.7. The molecule has 0 aliphatic carbocycles. The Morgan fingerprint density at radius 1 is 1.56 bits per heavy atom. The predicted octanol–water partition coefficient (Wildman–Crippen LogP) is 0.883. The topological polar surface area (TPSA) is 41.9 Å². The van der Waals surface area contributed by atoms with Gasteiger partial charge in [-0.3, -0.25) is 4.90 Å². The van der Waals surface area contributed by atoms with E-state index in [4.69, 9.17) is 9.47 Å². The molecule has 0 spiro atoms. The lowest BCUT2D eigenvalue weighted by molar-refractivity contribution is -0.0764. The molecule has 1 aliphatic rings. The second-order valence-electron chi connectivity index (χ2n) is 4.49. The molecular formula is C12H25NO3. The lowest BCUT2D eigenvalue weighted by atomic mass is 10.0. The van der Waals surface area contributed by atoms with Crippen molar-refractivity contribution in [3.8, 4) is 0 Å². The van der Waals surface area contributed by atoms with Crippen LogP contribution in [-0.2, 0) is 9.47 Å². The fraction of sp³-hybridized carbons (Fsp3) is 1.00. The van der Waals surface area contributed by atoms with Gasteiger partial charge in [0.05, 0.1) is 25.4 Å². The summed E-state index contributed by atoms with van der Waals surface area (Å²) >= 11 is 0. The summed E-state index contributed by atoms with van der Waals surface area (Å²) in [4.78, 5) is 2.31. The zero-order valence-corrected chi connectivity index (χ0v) is 10.7. The van der Waals surface area contributed by atoms with Crippen molar-refractivity contribution in [3.05, 3.63) is 0 Å². The second-order valence-corrected chi connectivity index (χ2v) is 4.49. The van der Waals surface area contributed by atoms with E-state index in [2.05, 4.69) is 18.7 Å². The molecule has 1 fully saturated rings. The highest BCUT2D eigenvalue weighted by Crippen LogP contribution is 2.18. The first kappa shape index (κ1) is 13.9. The standard InChI is InChI=1S/C12H25NO3/c1-4-10(2)13(6-8-15-3)11-9-16-7-5-12(11)14/h10-12,14H,4-9H2,1-3H3. The number of methoxy groups -OCH3 is 1. The molecule has 1 rings (SSSR count). The van der Waals surface area contributed by atoms with E-state index in [0.29, 0.717) is 25.9 Å². The van der Waals surface area contributed by atoms with Gasteiger partial charge < -0.3 is 14.6 Å². The van der Waals surface area contributed by atoms with Gasteiger partial charge in [0.15, 0.2) is 0 Å². The SMILES string of the molecule is CCC(C)N(CCOC)C1COCCC1O. The molecule has 0 aromatic heterocycles. The molecule has 0 aromatic carbocycles. The molecule has 0 aromatic rings. The van der Waals surface area contributed by atoms with Gasteiger partial charge in [-0.2, -0.15) is 0 Å². The van der Waals surface area contributed by atoms with Gasteiger partial charge in [-0.1, -0.05) is 6.92 Å². The highest BCUT2D eigenvalue weighted by Gasteiger charge is 2.31. The summed E-state index contributed by atoms with van der Waals surface area (Å²) in [5.74, 6) is 0. The van der Waals surface area contributed by atoms with Gasteiger partial charge in [0, 0.05) is 26.3 Å². The van der Waals surface area contributed by atoms with Crippen LogP contribution in [-0.4, -0.2) is 61.7 Å². The molecule has 4 nitrogen and oxygen atoms in total. The van der Waals surface area contributed by atoms with Crippen LogP contribution in [0, 0.1) is 0 Å². The molecule has 1 N–H and O–H groups in total. The van der Waals surface area contributed by atoms with Crippen molar-refractivity contribution >= 4 is 0 Å². The first-order valence-electron chi connectivity index (χ1n) is 6.21. The van der Waals surface area contributed by atoms with Crippen LogP contribution in [0.1, 0.15) is 26.7 Å². The molecular weight excluding hydrogens is 206 g/mol. The van der Waals surface area contributed by atoms with E-state index in [1.54, 1.807) is 7.11 Å². The van der Waals surface area contributed by atoms with Crippen LogP contribution in [0.4, 0.5) is 0 Å². The van der Waals surface area contributed by atoms with Crippen molar-refractivity contribution in [1.29, 1.82) is 0 Å². The number of hydrogen-bond acceptors (Lipinski definition) is 4. The minimum absolute atomic E-state index is 0.124. The lowest BCUT2D eigenvalue weighted by Gasteiger charge is -2.40. The Morgan fingerprint density at radius 2 is 2.31 bits per heavy atom. The average molecular weight is 231 g/mol. The number of aliphatic hydroxyl groups excluding tert-OH is 1. The van der Waals surface area contributed by atoms with Gasteiger partial charge in [0.25, 0.3) is 0 Å². The molecule has 4 heteroatoms. The van der Waals surface area contributed by atoms with E-state index in [1.165, 1.54) is 0 Å². The number of ether oxygens (including phenoxy) is 2. The largest absolute Gasteiger partial charge is 0.391 e. The lowest BCUT2D eigenvalue weighted by Crippen LogP contribution is -2.53. The van der Waals surface area contributed by atoms with Crippen molar-refractivity contribution in [2.24, 2.45) is 0 Å². The van der Waals surface area contributed by atoms with E-state index in [-0.39, 0.29) is 12.1 Å². The van der Waals surface area contributed by atoms with Gasteiger partial charge in [0.2, 0.25) is 0 Å². The highest BCUT2D eigenvalue weighted by atomic mass is 16.5. The molecule has 0 radical (unpaired) electrons. The third kappa shape index (κ3) is 3.70. The first-order chi connectivity index (χ1) is 7.70. The monoisotopic (exact) mass is 231 g/mol. The van der Waals surface area contributed by atoms with Crippen molar-refractivity contribution in [2.75, 3.05) is 33.5 Å². The Balaban J connectivity index is 2.57. The Morgan fingerprint density at radius 3 is 2.88 bits per heavy atom. The normalized spacial score (nSPS) is 28.3. The van der Waals surface area contributed by atoms with Crippen LogP contribution < -0.4 is 0 Å². The summed E-state index contributed by atoms with van der Waals surface area (Å²) in [7, 11) is 1.71. The Hall–Kier alpha value is -0.160. The third-order valence-corrected chi connectivity index (χ3v) is 3.43. The van der Waals surface area contributed by atoms with E-state index >= 15 is 0 Å². The molecule has 1 heterocycles. The van der Waals surface area contributed by atoms with Crippen LogP contribution in [0.3, 0.4) is 0 Å². The van der Waals surface area contributed by atoms with Crippen molar-refractivity contribution in [3.63, 3.8) is 0 Å². The minimum atomic E-state index is -0.264. The molecule has 3 atom stereocenters. The fourth-order valence-corrected chi connectivity index (χ4v) is 2.17. The summed E-state index contributed by atoms with van der Waals surface area (Å²) in [5, 5.41) is 10.0. The van der Waals surface area contributed by atoms with Gasteiger partial charge in [-0.15, -0.1) is 0 Å². The molecule has 0 saturated carbocycles. The number of aliphatic hydroxyl groups is 1. The summed E-state index contributed by atoms with van der Waals surface area (Å²) in [6, 6.07) is 0.579. The first-order valence-corrected chi connectivity index (χ1v) is 6.21. The predicted molar refractivity (Wildman–Crippen MR) is 63.6 cm³/mol. The highest BCUT2D eigenvalue weighted by molar-refractivity contribution is 4.84. The third-order valence-electron chi connectivity index (χ3n) is 3.43. The molecule has 3 unspecified atom stereocenters. The van der Waals surface area contributed by atoms with Crippen LogP contribution >= 0.6 is 0 Å². The summed E-state index contributed by atoms with van der Waals surface area (Å²) in [5.41, 5.74) is 0. The molecule has 1 aliphatic heterocycles.